The molecule has 104 valence electrons. The summed E-state index contributed by atoms with van der Waals surface area (Å²) in [7, 11) is 1.51. The topological polar surface area (TPSA) is 102 Å². The summed E-state index contributed by atoms with van der Waals surface area (Å²) in [6.45, 7) is 0.419. The fraction of sp³-hybridized carbons (Fsp3) is 0.385. The number of hydrogen-bond acceptors (Lipinski definition) is 4. The number of nitrogen functional groups attached to an aromatic ring is 1. The number of carbonyl (C=O) groups excluding carboxylic acids is 1. The Labute approximate surface area is 111 Å². The highest BCUT2D eigenvalue weighted by atomic mass is 16.5. The first-order valence-electron chi connectivity index (χ1n) is 5.98. The number of methoxy groups -OCH3 is 1. The van der Waals surface area contributed by atoms with Gasteiger partial charge in [-0.2, -0.15) is 0 Å². The Kier molecular flexibility index (Phi) is 5.66. The van der Waals surface area contributed by atoms with Gasteiger partial charge in [0.2, 0.25) is 0 Å². The van der Waals surface area contributed by atoms with Crippen LogP contribution < -0.4 is 15.8 Å². The second-order valence-electron chi connectivity index (χ2n) is 4.06. The zero-order valence-electron chi connectivity index (χ0n) is 10.8. The summed E-state index contributed by atoms with van der Waals surface area (Å²) in [5.74, 6) is -0.555. The lowest BCUT2D eigenvalue weighted by molar-refractivity contribution is -0.137. The predicted molar refractivity (Wildman–Crippen MR) is 71.2 cm³/mol. The molecular formula is C13H18N2O4. The van der Waals surface area contributed by atoms with Crippen LogP contribution in [0, 0.1) is 0 Å². The number of benzene rings is 1. The van der Waals surface area contributed by atoms with E-state index in [4.69, 9.17) is 15.6 Å². The first-order chi connectivity index (χ1) is 9.04. The molecule has 0 aliphatic carbocycles. The lowest BCUT2D eigenvalue weighted by atomic mass is 10.1. The number of anilines is 1. The zero-order chi connectivity index (χ0) is 14.3. The van der Waals surface area contributed by atoms with Gasteiger partial charge in [0.1, 0.15) is 5.75 Å². The van der Waals surface area contributed by atoms with Gasteiger partial charge in [-0.05, 0) is 31.0 Å². The van der Waals surface area contributed by atoms with E-state index in [1.807, 2.05) is 0 Å². The van der Waals surface area contributed by atoms with Gasteiger partial charge in [-0.1, -0.05) is 0 Å². The number of nitrogens with two attached hydrogens (primary N) is 1. The third-order valence-corrected chi connectivity index (χ3v) is 2.61. The first kappa shape index (κ1) is 14.8. The fourth-order valence-electron chi connectivity index (χ4n) is 1.56. The summed E-state index contributed by atoms with van der Waals surface area (Å²) in [6, 6.07) is 4.86. The summed E-state index contributed by atoms with van der Waals surface area (Å²) in [5, 5.41) is 11.2. The molecule has 0 spiro atoms. The second-order valence-corrected chi connectivity index (χ2v) is 4.06. The molecule has 0 aromatic heterocycles. The van der Waals surface area contributed by atoms with Crippen LogP contribution in [-0.4, -0.2) is 30.6 Å². The number of carbonyl (C=O) groups is 2. The summed E-state index contributed by atoms with van der Waals surface area (Å²) in [6.07, 6.45) is 1.25. The third-order valence-electron chi connectivity index (χ3n) is 2.61. The van der Waals surface area contributed by atoms with Crippen molar-refractivity contribution >= 4 is 17.6 Å². The maximum Gasteiger partial charge on any atom is 0.303 e. The number of nitrogens with one attached hydrogen (secondary N) is 1. The quantitative estimate of drug-likeness (QED) is 0.509. The van der Waals surface area contributed by atoms with E-state index in [9.17, 15) is 9.59 Å². The molecule has 0 bridgehead atoms. The Bertz CT molecular complexity index is 460. The Morgan fingerprint density at radius 2 is 2.11 bits per heavy atom. The highest BCUT2D eigenvalue weighted by Crippen LogP contribution is 2.19. The van der Waals surface area contributed by atoms with E-state index >= 15 is 0 Å². The zero-order valence-corrected chi connectivity index (χ0v) is 10.8. The molecule has 1 rings (SSSR count). The lowest BCUT2D eigenvalue weighted by Crippen LogP contribution is -2.25. The van der Waals surface area contributed by atoms with Crippen LogP contribution in [0.5, 0.6) is 5.75 Å². The normalized spacial score (nSPS) is 9.95. The largest absolute Gasteiger partial charge is 0.497 e. The van der Waals surface area contributed by atoms with Crippen LogP contribution in [0.15, 0.2) is 18.2 Å². The average molecular weight is 266 g/mol. The molecule has 4 N–H and O–H groups in total. The van der Waals surface area contributed by atoms with Crippen molar-refractivity contribution in [3.8, 4) is 5.75 Å². The van der Waals surface area contributed by atoms with Crippen LogP contribution in [0.2, 0.25) is 0 Å². The SMILES string of the molecule is COc1ccc(N)c(C(=O)NCCCCC(=O)O)c1. The number of rotatable bonds is 7. The molecule has 0 fully saturated rings. The molecule has 1 amide bonds. The molecule has 1 aromatic carbocycles. The van der Waals surface area contributed by atoms with Gasteiger partial charge in [-0.15, -0.1) is 0 Å². The van der Waals surface area contributed by atoms with Crippen molar-refractivity contribution in [2.45, 2.75) is 19.3 Å². The highest BCUT2D eigenvalue weighted by molar-refractivity contribution is 5.99. The van der Waals surface area contributed by atoms with Gasteiger partial charge in [0.15, 0.2) is 0 Å². The van der Waals surface area contributed by atoms with E-state index in [2.05, 4.69) is 5.32 Å². The Morgan fingerprint density at radius 3 is 2.74 bits per heavy atom. The van der Waals surface area contributed by atoms with Crippen LogP contribution in [0.1, 0.15) is 29.6 Å². The molecule has 0 unspecified atom stereocenters. The molecule has 0 aliphatic heterocycles. The number of unbranched alkanes of at least 4 members (excludes halogenated alkanes) is 1. The van der Waals surface area contributed by atoms with Crippen LogP contribution >= 0.6 is 0 Å². The molecule has 0 radical (unpaired) electrons. The molecule has 0 heterocycles. The third kappa shape index (κ3) is 4.87. The smallest absolute Gasteiger partial charge is 0.303 e. The Balaban J connectivity index is 2.47. The van der Waals surface area contributed by atoms with Gasteiger partial charge in [0, 0.05) is 18.7 Å². The molecule has 6 heteroatoms. The monoisotopic (exact) mass is 266 g/mol. The van der Waals surface area contributed by atoms with Crippen molar-refractivity contribution in [1.82, 2.24) is 5.32 Å². The summed E-state index contributed by atoms with van der Waals surface area (Å²) >= 11 is 0. The number of amides is 1. The van der Waals surface area contributed by atoms with Crippen molar-refractivity contribution in [3.63, 3.8) is 0 Å². The van der Waals surface area contributed by atoms with Gasteiger partial charge in [-0.3, -0.25) is 9.59 Å². The number of carboxylic acids is 1. The number of hydrogen-bond donors (Lipinski definition) is 3. The molecule has 1 aromatic rings. The van der Waals surface area contributed by atoms with Crippen LogP contribution in [0.25, 0.3) is 0 Å². The van der Waals surface area contributed by atoms with Crippen LogP contribution in [0.3, 0.4) is 0 Å². The molecule has 0 aliphatic rings. The van der Waals surface area contributed by atoms with Crippen molar-refractivity contribution in [3.05, 3.63) is 23.8 Å². The molecular weight excluding hydrogens is 248 g/mol. The Hall–Kier alpha value is -2.24. The van der Waals surface area contributed by atoms with Gasteiger partial charge in [0.05, 0.1) is 12.7 Å². The van der Waals surface area contributed by atoms with Crippen molar-refractivity contribution in [1.29, 1.82) is 0 Å². The molecule has 6 nitrogen and oxygen atoms in total. The van der Waals surface area contributed by atoms with Gasteiger partial charge in [-0.25, -0.2) is 0 Å². The minimum absolute atomic E-state index is 0.108. The maximum atomic E-state index is 11.9. The highest BCUT2D eigenvalue weighted by Gasteiger charge is 2.10. The van der Waals surface area contributed by atoms with E-state index in [-0.39, 0.29) is 12.3 Å². The molecule has 0 atom stereocenters. The van der Waals surface area contributed by atoms with Crippen LogP contribution in [-0.2, 0) is 4.79 Å². The number of aliphatic carboxylic acids is 1. The van der Waals surface area contributed by atoms with E-state index < -0.39 is 5.97 Å². The lowest BCUT2D eigenvalue weighted by Gasteiger charge is -2.09. The van der Waals surface area contributed by atoms with E-state index in [1.54, 1.807) is 18.2 Å². The van der Waals surface area contributed by atoms with E-state index in [0.29, 0.717) is 36.4 Å². The second kappa shape index (κ2) is 7.25. The molecule has 0 saturated heterocycles. The molecule has 0 saturated carbocycles. The van der Waals surface area contributed by atoms with Crippen molar-refractivity contribution in [2.24, 2.45) is 0 Å². The number of carboxylic acid groups (broad SMARTS) is 1. The fourth-order valence-corrected chi connectivity index (χ4v) is 1.56. The van der Waals surface area contributed by atoms with Crippen molar-refractivity contribution in [2.75, 3.05) is 19.4 Å². The minimum atomic E-state index is -0.830. The summed E-state index contributed by atoms with van der Waals surface area (Å²) < 4.78 is 5.03. The van der Waals surface area contributed by atoms with E-state index in [0.717, 1.165) is 0 Å². The van der Waals surface area contributed by atoms with Gasteiger partial charge >= 0.3 is 5.97 Å². The molecule has 19 heavy (non-hydrogen) atoms. The van der Waals surface area contributed by atoms with Crippen LogP contribution in [0.4, 0.5) is 5.69 Å². The van der Waals surface area contributed by atoms with Gasteiger partial charge < -0.3 is 20.9 Å². The summed E-state index contributed by atoms with van der Waals surface area (Å²) in [5.41, 5.74) is 6.46. The summed E-state index contributed by atoms with van der Waals surface area (Å²) in [4.78, 5) is 22.2. The van der Waals surface area contributed by atoms with Crippen molar-refractivity contribution < 1.29 is 19.4 Å². The standard InChI is InChI=1S/C13H18N2O4/c1-19-9-5-6-11(14)10(8-9)13(18)15-7-3-2-4-12(16)17/h5-6,8H,2-4,7,14H2,1H3,(H,15,18)(H,16,17). The number of ether oxygens (including phenoxy) is 1. The van der Waals surface area contributed by atoms with Gasteiger partial charge in [0.25, 0.3) is 5.91 Å². The maximum absolute atomic E-state index is 11.9. The van der Waals surface area contributed by atoms with E-state index in [1.165, 1.54) is 7.11 Å². The minimum Gasteiger partial charge on any atom is -0.497 e. The predicted octanol–water partition coefficient (Wildman–Crippen LogP) is 1.26. The Morgan fingerprint density at radius 1 is 1.37 bits per heavy atom. The first-order valence-corrected chi connectivity index (χ1v) is 5.98. The average Bonchev–Trinajstić information content (AvgIpc) is 2.38.